The van der Waals surface area contributed by atoms with Crippen LogP contribution in [0.5, 0.6) is 0 Å². The summed E-state index contributed by atoms with van der Waals surface area (Å²) in [5.41, 5.74) is -0.184. The molecule has 13 heavy (non-hydrogen) atoms. The first-order chi connectivity index (χ1) is 5.82. The molecule has 0 saturated heterocycles. The first kappa shape index (κ1) is 9.83. The van der Waals surface area contributed by atoms with E-state index < -0.39 is 5.92 Å². The van der Waals surface area contributed by atoms with E-state index in [1.807, 2.05) is 0 Å². The molecule has 0 bridgehead atoms. The summed E-state index contributed by atoms with van der Waals surface area (Å²) in [7, 11) is 1.46. The number of hydrogen-bond acceptors (Lipinski definition) is 2. The van der Waals surface area contributed by atoms with Gasteiger partial charge in [0, 0.05) is 22.3 Å². The molecule has 74 valence electrons. The van der Waals surface area contributed by atoms with Crippen LogP contribution in [0.25, 0.3) is 0 Å². The number of aromatic nitrogens is 2. The van der Waals surface area contributed by atoms with E-state index in [2.05, 4.69) is 5.10 Å². The van der Waals surface area contributed by atoms with Gasteiger partial charge in [-0.3, -0.25) is 9.48 Å². The summed E-state index contributed by atoms with van der Waals surface area (Å²) >= 11 is 0. The Kier molecular flexibility index (Phi) is 2.19. The molecule has 0 aliphatic heterocycles. The molecule has 3 nitrogen and oxygen atoms in total. The fourth-order valence-corrected chi connectivity index (χ4v) is 1.01. The largest absolute Gasteiger partial charge is 0.293 e. The van der Waals surface area contributed by atoms with Crippen LogP contribution < -0.4 is 0 Å². The summed E-state index contributed by atoms with van der Waals surface area (Å²) in [5.74, 6) is -3.27. The van der Waals surface area contributed by atoms with Crippen molar-refractivity contribution in [3.63, 3.8) is 0 Å². The molecule has 1 aromatic rings. The van der Waals surface area contributed by atoms with Crippen molar-refractivity contribution in [2.75, 3.05) is 0 Å². The summed E-state index contributed by atoms with van der Waals surface area (Å²) in [6.45, 7) is 2.06. The number of Topliss-reactive ketones (excluding diaryl/α,β-unsaturated/α-hetero) is 1. The minimum atomic E-state index is -2.99. The SMILES string of the molecule is CC(=O)c1cc(C(C)(F)F)nn1C.[HH]. The second kappa shape index (κ2) is 2.90. The highest BCUT2D eigenvalue weighted by molar-refractivity contribution is 5.92. The van der Waals surface area contributed by atoms with Crippen LogP contribution in [0.1, 0.15) is 31.5 Å². The van der Waals surface area contributed by atoms with E-state index in [9.17, 15) is 13.6 Å². The quantitative estimate of drug-likeness (QED) is 0.668. The average Bonchev–Trinajstić information content (AvgIpc) is 2.29. The topological polar surface area (TPSA) is 34.9 Å². The van der Waals surface area contributed by atoms with Crippen molar-refractivity contribution in [1.82, 2.24) is 9.78 Å². The first-order valence-corrected chi connectivity index (χ1v) is 3.75. The van der Waals surface area contributed by atoms with Gasteiger partial charge in [0.2, 0.25) is 0 Å². The third kappa shape index (κ3) is 1.91. The lowest BCUT2D eigenvalue weighted by Crippen LogP contribution is -2.08. The Morgan fingerprint density at radius 1 is 1.69 bits per heavy atom. The molecule has 0 amide bonds. The minimum absolute atomic E-state index is 0. The fraction of sp³-hybridized carbons (Fsp3) is 0.500. The number of rotatable bonds is 2. The second-order valence-corrected chi connectivity index (χ2v) is 2.98. The standard InChI is InChI=1S/C8H10F2N2O.H2/c1-5(13)6-4-7(8(2,9)10)11-12(6)3;/h4H,1-3H3;1H. The number of carbonyl (C=O) groups is 1. The number of nitrogens with zero attached hydrogens (tertiary/aromatic N) is 2. The van der Waals surface area contributed by atoms with Crippen LogP contribution in [0.15, 0.2) is 6.07 Å². The summed E-state index contributed by atoms with van der Waals surface area (Å²) in [6.07, 6.45) is 0. The van der Waals surface area contributed by atoms with Gasteiger partial charge in [0.15, 0.2) is 5.78 Å². The van der Waals surface area contributed by atoms with Gasteiger partial charge in [-0.1, -0.05) is 0 Å². The molecule has 0 atom stereocenters. The highest BCUT2D eigenvalue weighted by Gasteiger charge is 2.29. The van der Waals surface area contributed by atoms with Crippen LogP contribution in [-0.2, 0) is 13.0 Å². The van der Waals surface area contributed by atoms with E-state index in [-0.39, 0.29) is 18.6 Å². The zero-order chi connectivity index (χ0) is 10.2. The summed E-state index contributed by atoms with van der Waals surface area (Å²) in [5, 5.41) is 3.55. The molecule has 0 spiro atoms. The monoisotopic (exact) mass is 190 g/mol. The third-order valence-electron chi connectivity index (χ3n) is 1.69. The Hall–Kier alpha value is -1.26. The summed E-state index contributed by atoms with van der Waals surface area (Å²) < 4.78 is 26.6. The molecular weight excluding hydrogens is 178 g/mol. The van der Waals surface area contributed by atoms with Gasteiger partial charge in [-0.2, -0.15) is 13.9 Å². The van der Waals surface area contributed by atoms with Crippen molar-refractivity contribution < 1.29 is 15.0 Å². The van der Waals surface area contributed by atoms with E-state index >= 15 is 0 Å². The molecule has 0 aliphatic rings. The van der Waals surface area contributed by atoms with Gasteiger partial charge < -0.3 is 0 Å². The van der Waals surface area contributed by atoms with Crippen molar-refractivity contribution in [2.45, 2.75) is 19.8 Å². The van der Waals surface area contributed by atoms with E-state index in [4.69, 9.17) is 0 Å². The lowest BCUT2D eigenvalue weighted by Gasteiger charge is -2.03. The van der Waals surface area contributed by atoms with Gasteiger partial charge in [0.1, 0.15) is 11.4 Å². The summed E-state index contributed by atoms with van der Waals surface area (Å²) in [6, 6.07) is 1.11. The van der Waals surface area contributed by atoms with E-state index in [0.29, 0.717) is 0 Å². The van der Waals surface area contributed by atoms with Gasteiger partial charge in [0.25, 0.3) is 5.92 Å². The van der Waals surface area contributed by atoms with Crippen molar-refractivity contribution in [3.05, 3.63) is 17.5 Å². The zero-order valence-electron chi connectivity index (χ0n) is 7.64. The maximum Gasteiger partial charge on any atom is 0.288 e. The molecule has 0 unspecified atom stereocenters. The second-order valence-electron chi connectivity index (χ2n) is 2.98. The predicted octanol–water partition coefficient (Wildman–Crippen LogP) is 1.98. The minimum Gasteiger partial charge on any atom is -0.293 e. The van der Waals surface area contributed by atoms with Crippen molar-refractivity contribution in [3.8, 4) is 0 Å². The number of hydrogen-bond donors (Lipinski definition) is 0. The van der Waals surface area contributed by atoms with Gasteiger partial charge >= 0.3 is 0 Å². The van der Waals surface area contributed by atoms with Crippen LogP contribution in [0.3, 0.4) is 0 Å². The maximum absolute atomic E-state index is 12.7. The van der Waals surface area contributed by atoms with Crippen LogP contribution in [0.2, 0.25) is 0 Å². The Labute approximate surface area is 75.8 Å². The molecule has 0 fully saturated rings. The van der Waals surface area contributed by atoms with Crippen molar-refractivity contribution in [1.29, 1.82) is 0 Å². The number of carbonyl (C=O) groups excluding carboxylic acids is 1. The van der Waals surface area contributed by atoms with Crippen LogP contribution in [0, 0.1) is 0 Å². The molecule has 0 radical (unpaired) electrons. The molecule has 0 aromatic carbocycles. The molecule has 0 saturated carbocycles. The Bertz CT molecular complexity index is 344. The molecule has 5 heteroatoms. The van der Waals surface area contributed by atoms with E-state index in [1.54, 1.807) is 0 Å². The van der Waals surface area contributed by atoms with E-state index in [0.717, 1.165) is 17.7 Å². The lowest BCUT2D eigenvalue weighted by molar-refractivity contribution is 0.0122. The zero-order valence-corrected chi connectivity index (χ0v) is 7.64. The predicted molar refractivity (Wildman–Crippen MR) is 44.9 cm³/mol. The molecule has 1 rings (SSSR count). The smallest absolute Gasteiger partial charge is 0.288 e. The molecular formula is C8H12F2N2O. The highest BCUT2D eigenvalue weighted by atomic mass is 19.3. The van der Waals surface area contributed by atoms with Gasteiger partial charge in [0.05, 0.1) is 0 Å². The Balaban J connectivity index is 0.00000169. The molecule has 0 aliphatic carbocycles. The number of alkyl halides is 2. The Morgan fingerprint density at radius 2 is 2.23 bits per heavy atom. The van der Waals surface area contributed by atoms with Crippen molar-refractivity contribution in [2.24, 2.45) is 7.05 Å². The number of halogens is 2. The average molecular weight is 190 g/mol. The number of aryl methyl sites for hydroxylation is 1. The van der Waals surface area contributed by atoms with Crippen LogP contribution in [0.4, 0.5) is 8.78 Å². The van der Waals surface area contributed by atoms with Gasteiger partial charge in [-0.05, 0) is 6.07 Å². The van der Waals surface area contributed by atoms with Gasteiger partial charge in [-0.15, -0.1) is 0 Å². The Morgan fingerprint density at radius 3 is 2.46 bits per heavy atom. The lowest BCUT2D eigenvalue weighted by atomic mass is 10.2. The van der Waals surface area contributed by atoms with E-state index in [1.165, 1.54) is 14.0 Å². The number of ketones is 1. The molecule has 1 aromatic heterocycles. The third-order valence-corrected chi connectivity index (χ3v) is 1.69. The summed E-state index contributed by atoms with van der Waals surface area (Å²) in [4.78, 5) is 10.9. The normalized spacial score (nSPS) is 11.8. The first-order valence-electron chi connectivity index (χ1n) is 3.75. The maximum atomic E-state index is 12.7. The fourth-order valence-electron chi connectivity index (χ4n) is 1.01. The van der Waals surface area contributed by atoms with Gasteiger partial charge in [-0.25, -0.2) is 0 Å². The molecule has 0 N–H and O–H groups in total. The molecule has 1 heterocycles. The van der Waals surface area contributed by atoms with Crippen molar-refractivity contribution >= 4 is 5.78 Å². The van der Waals surface area contributed by atoms with Crippen LogP contribution >= 0.6 is 0 Å². The van der Waals surface area contributed by atoms with Crippen LogP contribution in [-0.4, -0.2) is 15.6 Å². The highest BCUT2D eigenvalue weighted by Crippen LogP contribution is 2.25.